The maximum atomic E-state index is 13.5. The van der Waals surface area contributed by atoms with Crippen LogP contribution in [-0.2, 0) is 24.9 Å². The van der Waals surface area contributed by atoms with Gasteiger partial charge in [-0.1, -0.05) is 29.8 Å². The Hall–Kier alpha value is -3.77. The molecule has 0 aliphatic heterocycles. The summed E-state index contributed by atoms with van der Waals surface area (Å²) >= 11 is 6.01. The number of alkyl halides is 3. The minimum Gasteiger partial charge on any atom is -0.406 e. The van der Waals surface area contributed by atoms with Crippen LogP contribution in [0.3, 0.4) is 0 Å². The number of ether oxygens (including phenoxy) is 2. The Balaban J connectivity index is 1.85. The zero-order valence-electron chi connectivity index (χ0n) is 19.9. The van der Waals surface area contributed by atoms with Gasteiger partial charge in [-0.05, 0) is 36.2 Å². The zero-order valence-corrected chi connectivity index (χ0v) is 20.6. The van der Waals surface area contributed by atoms with Gasteiger partial charge in [0.15, 0.2) is 11.2 Å². The second kappa shape index (κ2) is 10.7. The van der Waals surface area contributed by atoms with Crippen LogP contribution < -0.4 is 21.3 Å². The molecule has 4 aromatic rings. The fourth-order valence-corrected chi connectivity index (χ4v) is 3.98. The molecular weight excluding hydrogens is 515 g/mol. The van der Waals surface area contributed by atoms with E-state index in [1.807, 2.05) is 0 Å². The Labute approximate surface area is 213 Å². The van der Waals surface area contributed by atoms with Crippen molar-refractivity contribution in [3.05, 3.63) is 80.0 Å². The van der Waals surface area contributed by atoms with Gasteiger partial charge < -0.3 is 14.8 Å². The summed E-state index contributed by atoms with van der Waals surface area (Å²) in [7, 11) is 3.02. The predicted octanol–water partition coefficient (Wildman–Crippen LogP) is 4.28. The van der Waals surface area contributed by atoms with Crippen molar-refractivity contribution in [1.82, 2.24) is 18.7 Å². The van der Waals surface area contributed by atoms with Gasteiger partial charge in [0.05, 0.1) is 6.54 Å². The van der Waals surface area contributed by atoms with Crippen LogP contribution in [0.5, 0.6) is 5.75 Å². The van der Waals surface area contributed by atoms with Crippen molar-refractivity contribution in [2.45, 2.75) is 25.9 Å². The number of fused-ring (bicyclic) bond motifs is 1. The molecule has 0 amide bonds. The number of halogens is 4. The number of nitrogens with zero attached hydrogens (tertiary/aromatic N) is 4. The quantitative estimate of drug-likeness (QED) is 0.321. The van der Waals surface area contributed by atoms with Crippen LogP contribution in [0.1, 0.15) is 12.0 Å². The highest BCUT2D eigenvalue weighted by atomic mass is 35.5. The van der Waals surface area contributed by atoms with Gasteiger partial charge in [0.1, 0.15) is 5.75 Å². The van der Waals surface area contributed by atoms with Crippen molar-refractivity contribution < 1.29 is 22.6 Å². The lowest BCUT2D eigenvalue weighted by Crippen LogP contribution is -2.40. The van der Waals surface area contributed by atoms with Crippen LogP contribution in [-0.4, -0.2) is 38.8 Å². The lowest BCUT2D eigenvalue weighted by atomic mass is 10.2. The van der Waals surface area contributed by atoms with E-state index < -0.39 is 23.4 Å². The summed E-state index contributed by atoms with van der Waals surface area (Å²) in [6.07, 6.45) is -4.41. The first-order valence-electron chi connectivity index (χ1n) is 11.1. The minimum atomic E-state index is -4.85. The summed E-state index contributed by atoms with van der Waals surface area (Å²) < 4.78 is 51.1. The number of imidazole rings is 1. The molecule has 0 saturated heterocycles. The van der Waals surface area contributed by atoms with E-state index in [1.54, 1.807) is 28.8 Å². The molecule has 0 bridgehead atoms. The molecule has 1 N–H and O–H groups in total. The van der Waals surface area contributed by atoms with Crippen LogP contribution in [0.15, 0.2) is 58.1 Å². The van der Waals surface area contributed by atoms with Crippen molar-refractivity contribution >= 4 is 34.4 Å². The van der Waals surface area contributed by atoms with Gasteiger partial charge in [-0.25, -0.2) is 4.79 Å². The van der Waals surface area contributed by atoms with Gasteiger partial charge in [0.2, 0.25) is 5.95 Å². The minimum absolute atomic E-state index is 0.122. The summed E-state index contributed by atoms with van der Waals surface area (Å²) in [6, 6.07) is 12.2. The van der Waals surface area contributed by atoms with E-state index in [-0.39, 0.29) is 35.9 Å². The molecule has 13 heteroatoms. The molecule has 0 fully saturated rings. The molecule has 2 aromatic carbocycles. The van der Waals surface area contributed by atoms with E-state index in [4.69, 9.17) is 16.3 Å². The van der Waals surface area contributed by atoms with Crippen LogP contribution >= 0.6 is 11.6 Å². The number of aryl methyl sites for hydroxylation is 1. The van der Waals surface area contributed by atoms with E-state index in [2.05, 4.69) is 15.0 Å². The van der Waals surface area contributed by atoms with Crippen molar-refractivity contribution in [2.75, 3.05) is 19.0 Å². The van der Waals surface area contributed by atoms with E-state index in [1.165, 1.54) is 30.9 Å². The molecule has 37 heavy (non-hydrogen) atoms. The maximum Gasteiger partial charge on any atom is 0.573 e. The topological polar surface area (TPSA) is 92.3 Å². The standard InChI is InChI=1S/C24H23ClF3N5O4/c1-31-20-19(21(34)32(23(31)35)11-4-12-36-2)33(14-15-7-9-16(25)10-8-15)22(30-20)29-17-5-3-6-18(13-17)37-24(26,27)28/h3,5-10,13H,4,11-12,14H2,1-2H3,(H,29,30). The van der Waals surface area contributed by atoms with Crippen LogP contribution in [0, 0.1) is 0 Å². The van der Waals surface area contributed by atoms with Crippen LogP contribution in [0.2, 0.25) is 5.02 Å². The first-order chi connectivity index (χ1) is 17.6. The first kappa shape index (κ1) is 26.3. The molecular formula is C24H23ClF3N5O4. The van der Waals surface area contributed by atoms with Crippen molar-refractivity contribution in [3.8, 4) is 5.75 Å². The number of rotatable bonds is 9. The largest absolute Gasteiger partial charge is 0.573 e. The first-order valence-corrected chi connectivity index (χ1v) is 11.5. The van der Waals surface area contributed by atoms with E-state index in [9.17, 15) is 22.8 Å². The van der Waals surface area contributed by atoms with Crippen molar-refractivity contribution in [2.24, 2.45) is 7.05 Å². The monoisotopic (exact) mass is 537 g/mol. The summed E-state index contributed by atoms with van der Waals surface area (Å²) in [5.74, 6) is -0.276. The van der Waals surface area contributed by atoms with Gasteiger partial charge in [-0.2, -0.15) is 4.98 Å². The Morgan fingerprint density at radius 1 is 1.08 bits per heavy atom. The third-order valence-electron chi connectivity index (χ3n) is 5.54. The highest BCUT2D eigenvalue weighted by Gasteiger charge is 2.31. The lowest BCUT2D eigenvalue weighted by Gasteiger charge is -2.13. The summed E-state index contributed by atoms with van der Waals surface area (Å²) in [6.45, 7) is 0.669. The number of anilines is 2. The Morgan fingerprint density at radius 2 is 1.81 bits per heavy atom. The molecule has 196 valence electrons. The van der Waals surface area contributed by atoms with Gasteiger partial charge in [-0.15, -0.1) is 13.2 Å². The fraction of sp³-hybridized carbons (Fsp3) is 0.292. The molecule has 0 spiro atoms. The Kier molecular flexibility index (Phi) is 7.60. The molecule has 0 aliphatic carbocycles. The van der Waals surface area contributed by atoms with Gasteiger partial charge in [0.25, 0.3) is 5.56 Å². The maximum absolute atomic E-state index is 13.5. The smallest absolute Gasteiger partial charge is 0.406 e. The number of benzene rings is 2. The highest BCUT2D eigenvalue weighted by Crippen LogP contribution is 2.28. The second-order valence-electron chi connectivity index (χ2n) is 8.17. The Bertz CT molecular complexity index is 1530. The normalized spacial score (nSPS) is 11.7. The summed E-state index contributed by atoms with van der Waals surface area (Å²) in [4.78, 5) is 30.9. The molecule has 0 radical (unpaired) electrons. The zero-order chi connectivity index (χ0) is 26.7. The molecule has 0 atom stereocenters. The van der Waals surface area contributed by atoms with Crippen LogP contribution in [0.25, 0.3) is 11.2 Å². The molecule has 2 aromatic heterocycles. The fourth-order valence-electron chi connectivity index (χ4n) is 3.86. The summed E-state index contributed by atoms with van der Waals surface area (Å²) in [5.41, 5.74) is 0.200. The molecule has 9 nitrogen and oxygen atoms in total. The van der Waals surface area contributed by atoms with Gasteiger partial charge in [0, 0.05) is 44.1 Å². The summed E-state index contributed by atoms with van der Waals surface area (Å²) in [5, 5.41) is 3.49. The third-order valence-corrected chi connectivity index (χ3v) is 5.79. The number of nitrogens with one attached hydrogen (secondary N) is 1. The van der Waals surface area contributed by atoms with Crippen molar-refractivity contribution in [1.29, 1.82) is 0 Å². The van der Waals surface area contributed by atoms with Crippen molar-refractivity contribution in [3.63, 3.8) is 0 Å². The SMILES string of the molecule is COCCCn1c(=O)c2c(nc(Nc3cccc(OC(F)(F)F)c3)n2Cc2ccc(Cl)cc2)n(C)c1=O. The van der Waals surface area contributed by atoms with Gasteiger partial charge >= 0.3 is 12.1 Å². The predicted molar refractivity (Wildman–Crippen MR) is 133 cm³/mol. The average molecular weight is 538 g/mol. The molecule has 2 heterocycles. The molecule has 4 rings (SSSR count). The van der Waals surface area contributed by atoms with Crippen LogP contribution in [0.4, 0.5) is 24.8 Å². The number of methoxy groups -OCH3 is 1. The second-order valence-corrected chi connectivity index (χ2v) is 8.60. The molecule has 0 aliphatic rings. The number of aromatic nitrogens is 4. The number of hydrogen-bond acceptors (Lipinski definition) is 6. The Morgan fingerprint density at radius 3 is 2.49 bits per heavy atom. The van der Waals surface area contributed by atoms with E-state index in [0.29, 0.717) is 18.1 Å². The van der Waals surface area contributed by atoms with E-state index >= 15 is 0 Å². The lowest BCUT2D eigenvalue weighted by molar-refractivity contribution is -0.274. The number of hydrogen-bond donors (Lipinski definition) is 1. The molecule has 0 saturated carbocycles. The van der Waals surface area contributed by atoms with E-state index in [0.717, 1.165) is 22.3 Å². The van der Waals surface area contributed by atoms with Gasteiger partial charge in [-0.3, -0.25) is 18.5 Å². The average Bonchev–Trinajstić information content (AvgIpc) is 3.18. The molecule has 0 unspecified atom stereocenters. The third kappa shape index (κ3) is 5.97. The highest BCUT2D eigenvalue weighted by molar-refractivity contribution is 6.30.